The molecule has 0 radical (unpaired) electrons. The molecule has 1 amide bonds. The Labute approximate surface area is 156 Å². The van der Waals surface area contributed by atoms with E-state index < -0.39 is 17.8 Å². The van der Waals surface area contributed by atoms with Gasteiger partial charge in [-0.05, 0) is 24.6 Å². The molecule has 2 aliphatic heterocycles. The molecule has 3 rings (SSSR count). The van der Waals surface area contributed by atoms with Crippen LogP contribution in [-0.4, -0.2) is 67.9 Å². The SMILES string of the molecule is C[C@@H]1CN(Cc2ccc(N3CCOCC3)cc2C(F)(F)F)CCN1C(=O)[O-]. The Morgan fingerprint density at radius 3 is 2.52 bits per heavy atom. The summed E-state index contributed by atoms with van der Waals surface area (Å²) in [6.07, 6.45) is -5.69. The van der Waals surface area contributed by atoms with Gasteiger partial charge in [0, 0.05) is 51.0 Å². The lowest BCUT2D eigenvalue weighted by atomic mass is 10.0. The zero-order chi connectivity index (χ0) is 19.6. The Balaban J connectivity index is 1.77. The van der Waals surface area contributed by atoms with Crippen LogP contribution < -0.4 is 10.0 Å². The molecule has 0 bridgehead atoms. The van der Waals surface area contributed by atoms with Crippen molar-refractivity contribution in [3.63, 3.8) is 0 Å². The van der Waals surface area contributed by atoms with Gasteiger partial charge in [-0.2, -0.15) is 13.2 Å². The number of alkyl halides is 3. The molecular weight excluding hydrogens is 363 g/mol. The van der Waals surface area contributed by atoms with E-state index in [0.29, 0.717) is 45.1 Å². The normalized spacial score (nSPS) is 22.1. The summed E-state index contributed by atoms with van der Waals surface area (Å²) in [4.78, 5) is 16.0. The number of carbonyl (C=O) groups is 1. The van der Waals surface area contributed by atoms with Gasteiger partial charge in [-0.15, -0.1) is 0 Å². The predicted molar refractivity (Wildman–Crippen MR) is 91.3 cm³/mol. The molecule has 6 nitrogen and oxygen atoms in total. The van der Waals surface area contributed by atoms with E-state index in [9.17, 15) is 23.1 Å². The second kappa shape index (κ2) is 7.93. The first-order valence-electron chi connectivity index (χ1n) is 8.98. The number of ether oxygens (including phenoxy) is 1. The van der Waals surface area contributed by atoms with Crippen molar-refractivity contribution >= 4 is 11.8 Å². The minimum absolute atomic E-state index is 0.128. The number of carbonyl (C=O) groups excluding carboxylic acids is 1. The van der Waals surface area contributed by atoms with Gasteiger partial charge in [0.25, 0.3) is 0 Å². The second-order valence-corrected chi connectivity index (χ2v) is 6.98. The third-order valence-electron chi connectivity index (χ3n) is 5.12. The molecule has 2 fully saturated rings. The summed E-state index contributed by atoms with van der Waals surface area (Å²) in [6, 6.07) is 4.15. The summed E-state index contributed by atoms with van der Waals surface area (Å²) in [5.41, 5.74) is 0.111. The monoisotopic (exact) mass is 386 g/mol. The lowest BCUT2D eigenvalue weighted by Crippen LogP contribution is -2.57. The molecule has 1 aromatic carbocycles. The van der Waals surface area contributed by atoms with Crippen LogP contribution in [0.4, 0.5) is 23.7 Å². The summed E-state index contributed by atoms with van der Waals surface area (Å²) in [7, 11) is 0. The first kappa shape index (κ1) is 19.8. The van der Waals surface area contributed by atoms with E-state index in [2.05, 4.69) is 0 Å². The van der Waals surface area contributed by atoms with Gasteiger partial charge in [-0.25, -0.2) is 0 Å². The number of benzene rings is 1. The third-order valence-corrected chi connectivity index (χ3v) is 5.12. The van der Waals surface area contributed by atoms with Crippen LogP contribution in [0.25, 0.3) is 0 Å². The largest absolute Gasteiger partial charge is 0.530 e. The molecule has 0 aliphatic carbocycles. The number of rotatable bonds is 3. The van der Waals surface area contributed by atoms with Gasteiger partial charge in [0.2, 0.25) is 0 Å². The van der Waals surface area contributed by atoms with E-state index in [0.717, 1.165) is 0 Å². The summed E-state index contributed by atoms with van der Waals surface area (Å²) in [5, 5.41) is 11.0. The maximum Gasteiger partial charge on any atom is 0.416 e. The van der Waals surface area contributed by atoms with E-state index in [1.807, 2.05) is 9.80 Å². The van der Waals surface area contributed by atoms with E-state index in [4.69, 9.17) is 4.74 Å². The van der Waals surface area contributed by atoms with E-state index in [-0.39, 0.29) is 24.7 Å². The molecular formula is C18H23F3N3O3-. The standard InChI is InChI=1S/C18H24F3N3O3/c1-13-11-22(4-5-24(13)17(25)26)12-14-2-3-15(10-16(14)18(19,20)21)23-6-8-27-9-7-23/h2-3,10,13H,4-9,11-12H2,1H3,(H,25,26)/p-1/t13-/m1/s1. The quantitative estimate of drug-likeness (QED) is 0.786. The molecule has 150 valence electrons. The molecule has 0 N–H and O–H groups in total. The van der Waals surface area contributed by atoms with Gasteiger partial charge >= 0.3 is 6.18 Å². The van der Waals surface area contributed by atoms with Gasteiger partial charge in [0.05, 0.1) is 18.8 Å². The van der Waals surface area contributed by atoms with Gasteiger partial charge in [-0.1, -0.05) is 6.07 Å². The molecule has 0 aromatic heterocycles. The Morgan fingerprint density at radius 1 is 1.22 bits per heavy atom. The summed E-state index contributed by atoms with van der Waals surface area (Å²) in [5.74, 6) is 0. The maximum absolute atomic E-state index is 13.6. The van der Waals surface area contributed by atoms with E-state index in [1.165, 1.54) is 17.0 Å². The number of morpholine rings is 1. The van der Waals surface area contributed by atoms with Crippen LogP contribution in [-0.2, 0) is 17.5 Å². The minimum atomic E-state index is -4.45. The van der Waals surface area contributed by atoms with Crippen molar-refractivity contribution < 1.29 is 27.8 Å². The lowest BCUT2D eigenvalue weighted by molar-refractivity contribution is -0.269. The van der Waals surface area contributed by atoms with Crippen molar-refractivity contribution in [3.05, 3.63) is 29.3 Å². The van der Waals surface area contributed by atoms with Crippen LogP contribution >= 0.6 is 0 Å². The average Bonchev–Trinajstić information content (AvgIpc) is 2.61. The molecule has 0 spiro atoms. The highest BCUT2D eigenvalue weighted by molar-refractivity contribution is 5.63. The van der Waals surface area contributed by atoms with Crippen LogP contribution in [0.2, 0.25) is 0 Å². The number of amides is 1. The van der Waals surface area contributed by atoms with E-state index in [1.54, 1.807) is 13.0 Å². The number of piperazine rings is 1. The second-order valence-electron chi connectivity index (χ2n) is 6.98. The van der Waals surface area contributed by atoms with Crippen molar-refractivity contribution in [1.82, 2.24) is 9.80 Å². The lowest BCUT2D eigenvalue weighted by Gasteiger charge is -2.41. The molecule has 27 heavy (non-hydrogen) atoms. The first-order valence-corrected chi connectivity index (χ1v) is 8.98. The van der Waals surface area contributed by atoms with Gasteiger partial charge in [-0.3, -0.25) is 4.90 Å². The Morgan fingerprint density at radius 2 is 1.93 bits per heavy atom. The number of carboxylic acid groups (broad SMARTS) is 1. The van der Waals surface area contributed by atoms with Crippen LogP contribution in [0.3, 0.4) is 0 Å². The van der Waals surface area contributed by atoms with E-state index >= 15 is 0 Å². The van der Waals surface area contributed by atoms with Crippen molar-refractivity contribution in [3.8, 4) is 0 Å². The number of hydrogen-bond donors (Lipinski definition) is 0. The van der Waals surface area contributed by atoms with Crippen LogP contribution in [0, 0.1) is 0 Å². The molecule has 2 aliphatic rings. The Hall–Kier alpha value is -2.00. The molecule has 1 atom stereocenters. The molecule has 1 aromatic rings. The Kier molecular flexibility index (Phi) is 5.81. The summed E-state index contributed by atoms with van der Waals surface area (Å²) < 4.78 is 46.2. The fourth-order valence-electron chi connectivity index (χ4n) is 3.67. The molecule has 0 unspecified atom stereocenters. The third kappa shape index (κ3) is 4.65. The molecule has 0 saturated carbocycles. The fourth-order valence-corrected chi connectivity index (χ4v) is 3.67. The van der Waals surface area contributed by atoms with Crippen LogP contribution in [0.5, 0.6) is 0 Å². The number of nitrogens with zero attached hydrogens (tertiary/aromatic N) is 3. The van der Waals surface area contributed by atoms with Gasteiger partial charge < -0.3 is 24.4 Å². The Bertz CT molecular complexity index is 678. The topological polar surface area (TPSA) is 59.1 Å². The number of halogens is 3. The smallest absolute Gasteiger partial charge is 0.416 e. The molecule has 2 saturated heterocycles. The highest BCUT2D eigenvalue weighted by Crippen LogP contribution is 2.35. The van der Waals surface area contributed by atoms with Gasteiger partial charge in [0.1, 0.15) is 6.09 Å². The number of anilines is 1. The highest BCUT2D eigenvalue weighted by atomic mass is 19.4. The molecule has 9 heteroatoms. The zero-order valence-corrected chi connectivity index (χ0v) is 15.2. The number of hydrogen-bond acceptors (Lipinski definition) is 5. The van der Waals surface area contributed by atoms with Crippen LogP contribution in [0.1, 0.15) is 18.1 Å². The predicted octanol–water partition coefficient (Wildman–Crippen LogP) is 1.39. The molecule has 2 heterocycles. The van der Waals surface area contributed by atoms with Crippen LogP contribution in [0.15, 0.2) is 18.2 Å². The average molecular weight is 386 g/mol. The maximum atomic E-state index is 13.6. The first-order chi connectivity index (χ1) is 12.8. The van der Waals surface area contributed by atoms with Crippen molar-refractivity contribution in [2.45, 2.75) is 25.7 Å². The van der Waals surface area contributed by atoms with Crippen molar-refractivity contribution in [2.24, 2.45) is 0 Å². The van der Waals surface area contributed by atoms with Crippen molar-refractivity contribution in [1.29, 1.82) is 0 Å². The van der Waals surface area contributed by atoms with Crippen molar-refractivity contribution in [2.75, 3.05) is 50.8 Å². The van der Waals surface area contributed by atoms with Gasteiger partial charge in [0.15, 0.2) is 0 Å². The minimum Gasteiger partial charge on any atom is -0.530 e. The summed E-state index contributed by atoms with van der Waals surface area (Å²) in [6.45, 7) is 4.98. The zero-order valence-electron chi connectivity index (χ0n) is 15.2. The summed E-state index contributed by atoms with van der Waals surface area (Å²) >= 11 is 0. The highest BCUT2D eigenvalue weighted by Gasteiger charge is 2.35. The fraction of sp³-hybridized carbons (Fsp3) is 0.611.